The Morgan fingerprint density at radius 1 is 1.23 bits per heavy atom. The molecule has 0 radical (unpaired) electrons. The van der Waals surface area contributed by atoms with Gasteiger partial charge >= 0.3 is 0 Å². The molecule has 1 aliphatic rings. The average molecular weight is 407 g/mol. The Bertz CT molecular complexity index is 1050. The lowest BCUT2D eigenvalue weighted by atomic mass is 9.70. The van der Waals surface area contributed by atoms with Gasteiger partial charge in [0.25, 0.3) is 5.91 Å². The van der Waals surface area contributed by atoms with Crippen molar-refractivity contribution in [2.75, 3.05) is 13.7 Å². The third-order valence-electron chi connectivity index (χ3n) is 6.06. The minimum absolute atomic E-state index is 0.0480. The van der Waals surface area contributed by atoms with Gasteiger partial charge in [-0.05, 0) is 69.0 Å². The van der Waals surface area contributed by atoms with Crippen LogP contribution in [0.4, 0.5) is 4.39 Å². The first-order chi connectivity index (χ1) is 14.5. The van der Waals surface area contributed by atoms with E-state index in [1.807, 2.05) is 41.6 Å². The Morgan fingerprint density at radius 2 is 1.97 bits per heavy atom. The van der Waals surface area contributed by atoms with Crippen LogP contribution in [0.1, 0.15) is 47.8 Å². The summed E-state index contributed by atoms with van der Waals surface area (Å²) in [5, 5.41) is 0. The van der Waals surface area contributed by atoms with Gasteiger partial charge in [0.15, 0.2) is 0 Å². The van der Waals surface area contributed by atoms with E-state index < -0.39 is 0 Å². The number of hydrogen-bond donors (Lipinski definition) is 0. The molecule has 6 heteroatoms. The van der Waals surface area contributed by atoms with Gasteiger partial charge in [-0.2, -0.15) is 0 Å². The number of aryl methyl sites for hydroxylation is 1. The maximum absolute atomic E-state index is 13.6. The van der Waals surface area contributed by atoms with Crippen molar-refractivity contribution in [3.63, 3.8) is 0 Å². The van der Waals surface area contributed by atoms with Crippen molar-refractivity contribution in [3.05, 3.63) is 77.6 Å². The number of amides is 1. The molecular formula is C24H26FN3O2. The highest BCUT2D eigenvalue weighted by molar-refractivity contribution is 5.95. The van der Waals surface area contributed by atoms with Gasteiger partial charge in [0.2, 0.25) is 0 Å². The molecule has 5 nitrogen and oxygen atoms in total. The quantitative estimate of drug-likeness (QED) is 0.586. The summed E-state index contributed by atoms with van der Waals surface area (Å²) in [5.74, 6) is 0.296. The number of aromatic nitrogens is 2. The molecular weight excluding hydrogens is 381 g/mol. The van der Waals surface area contributed by atoms with Gasteiger partial charge in [-0.1, -0.05) is 12.1 Å². The fraction of sp³-hybridized carbons (Fsp3) is 0.333. The van der Waals surface area contributed by atoms with Gasteiger partial charge in [-0.15, -0.1) is 0 Å². The highest BCUT2D eigenvalue weighted by Crippen LogP contribution is 2.47. The number of nitrogens with zero attached hydrogens (tertiary/aromatic N) is 3. The van der Waals surface area contributed by atoms with E-state index in [4.69, 9.17) is 4.74 Å². The van der Waals surface area contributed by atoms with Gasteiger partial charge in [0.1, 0.15) is 11.6 Å². The third kappa shape index (κ3) is 3.36. The van der Waals surface area contributed by atoms with Crippen molar-refractivity contribution >= 4 is 5.91 Å². The molecule has 0 bridgehead atoms. The molecule has 3 aromatic rings. The maximum Gasteiger partial charge on any atom is 0.254 e. The summed E-state index contributed by atoms with van der Waals surface area (Å²) in [6.45, 7) is 4.48. The molecule has 1 aliphatic carbocycles. The molecule has 1 heterocycles. The van der Waals surface area contributed by atoms with Crippen LogP contribution >= 0.6 is 0 Å². The first kappa shape index (κ1) is 20.1. The summed E-state index contributed by atoms with van der Waals surface area (Å²) in [5.41, 5.74) is 2.91. The Balaban J connectivity index is 1.69. The Kier molecular flexibility index (Phi) is 5.33. The standard InChI is InChI=1S/C24H26FN3O2/c1-4-28(24(12-5-13-24)19-7-9-20(25)10-8-19)23(29)18-6-11-21(22(14-18)30-3)27-15-17(2)26-16-27/h6-11,14-16H,4-5,12-13H2,1-3H3. The molecule has 1 fully saturated rings. The number of methoxy groups -OCH3 is 1. The van der Waals surface area contributed by atoms with E-state index in [2.05, 4.69) is 4.98 Å². The summed E-state index contributed by atoms with van der Waals surface area (Å²) < 4.78 is 20.9. The number of benzene rings is 2. The highest BCUT2D eigenvalue weighted by atomic mass is 19.1. The third-order valence-corrected chi connectivity index (χ3v) is 6.06. The van der Waals surface area contributed by atoms with Crippen LogP contribution < -0.4 is 4.74 Å². The maximum atomic E-state index is 13.6. The first-order valence-corrected chi connectivity index (χ1v) is 10.3. The molecule has 30 heavy (non-hydrogen) atoms. The first-order valence-electron chi connectivity index (χ1n) is 10.3. The fourth-order valence-corrected chi connectivity index (χ4v) is 4.36. The summed E-state index contributed by atoms with van der Waals surface area (Å²) >= 11 is 0. The van der Waals surface area contributed by atoms with Crippen LogP contribution in [-0.4, -0.2) is 34.0 Å². The van der Waals surface area contributed by atoms with E-state index in [1.165, 1.54) is 12.1 Å². The minimum atomic E-state index is -0.382. The normalized spacial score (nSPS) is 14.8. The molecule has 0 N–H and O–H groups in total. The minimum Gasteiger partial charge on any atom is -0.495 e. The second-order valence-electron chi connectivity index (χ2n) is 7.75. The smallest absolute Gasteiger partial charge is 0.254 e. The lowest BCUT2D eigenvalue weighted by Crippen LogP contribution is -2.53. The molecule has 1 aromatic heterocycles. The van der Waals surface area contributed by atoms with Gasteiger partial charge in [-0.3, -0.25) is 4.79 Å². The second-order valence-corrected chi connectivity index (χ2v) is 7.75. The van der Waals surface area contributed by atoms with E-state index in [0.717, 1.165) is 36.2 Å². The average Bonchev–Trinajstić information content (AvgIpc) is 3.16. The lowest BCUT2D eigenvalue weighted by Gasteiger charge is -2.50. The summed E-state index contributed by atoms with van der Waals surface area (Å²) in [6.07, 6.45) is 6.44. The van der Waals surface area contributed by atoms with E-state index in [-0.39, 0.29) is 17.3 Å². The van der Waals surface area contributed by atoms with Crippen molar-refractivity contribution in [3.8, 4) is 11.4 Å². The molecule has 0 spiro atoms. The number of rotatable bonds is 6. The molecule has 0 unspecified atom stereocenters. The molecule has 2 aromatic carbocycles. The monoisotopic (exact) mass is 407 g/mol. The van der Waals surface area contributed by atoms with E-state index >= 15 is 0 Å². The zero-order valence-corrected chi connectivity index (χ0v) is 17.6. The molecule has 1 saturated carbocycles. The van der Waals surface area contributed by atoms with Crippen LogP contribution in [-0.2, 0) is 5.54 Å². The van der Waals surface area contributed by atoms with E-state index in [0.29, 0.717) is 17.9 Å². The van der Waals surface area contributed by atoms with Crippen LogP contribution in [0.3, 0.4) is 0 Å². The summed E-state index contributed by atoms with van der Waals surface area (Å²) in [6, 6.07) is 12.0. The van der Waals surface area contributed by atoms with Crippen molar-refractivity contribution in [1.29, 1.82) is 0 Å². The number of ether oxygens (including phenoxy) is 1. The molecule has 0 aliphatic heterocycles. The van der Waals surface area contributed by atoms with E-state index in [9.17, 15) is 9.18 Å². The number of carbonyl (C=O) groups excluding carboxylic acids is 1. The van der Waals surface area contributed by atoms with Gasteiger partial charge in [-0.25, -0.2) is 9.37 Å². The van der Waals surface area contributed by atoms with Crippen LogP contribution in [0, 0.1) is 12.7 Å². The Morgan fingerprint density at radius 3 is 2.50 bits per heavy atom. The summed E-state index contributed by atoms with van der Waals surface area (Å²) in [7, 11) is 1.60. The van der Waals surface area contributed by atoms with Crippen LogP contribution in [0.5, 0.6) is 5.75 Å². The molecule has 0 saturated heterocycles. The molecule has 156 valence electrons. The topological polar surface area (TPSA) is 47.4 Å². The van der Waals surface area contributed by atoms with Crippen molar-refractivity contribution < 1.29 is 13.9 Å². The van der Waals surface area contributed by atoms with Crippen LogP contribution in [0.15, 0.2) is 55.0 Å². The molecule has 0 atom stereocenters. The predicted molar refractivity (Wildman–Crippen MR) is 113 cm³/mol. The number of imidazole rings is 1. The largest absolute Gasteiger partial charge is 0.495 e. The Hall–Kier alpha value is -3.15. The fourth-order valence-electron chi connectivity index (χ4n) is 4.36. The lowest BCUT2D eigenvalue weighted by molar-refractivity contribution is 0.0154. The van der Waals surface area contributed by atoms with E-state index in [1.54, 1.807) is 31.6 Å². The van der Waals surface area contributed by atoms with Crippen molar-refractivity contribution in [2.24, 2.45) is 0 Å². The predicted octanol–water partition coefficient (Wildman–Crippen LogP) is 4.87. The zero-order valence-electron chi connectivity index (χ0n) is 17.6. The SMILES string of the molecule is CCN(C(=O)c1ccc(-n2cnc(C)c2)c(OC)c1)C1(c2ccc(F)cc2)CCC1. The van der Waals surface area contributed by atoms with Gasteiger partial charge in [0.05, 0.1) is 30.4 Å². The van der Waals surface area contributed by atoms with Crippen LogP contribution in [0.2, 0.25) is 0 Å². The number of carbonyl (C=O) groups is 1. The highest BCUT2D eigenvalue weighted by Gasteiger charge is 2.45. The molecule has 4 rings (SSSR count). The Labute approximate surface area is 176 Å². The van der Waals surface area contributed by atoms with Crippen LogP contribution in [0.25, 0.3) is 5.69 Å². The van der Waals surface area contributed by atoms with Gasteiger partial charge < -0.3 is 14.2 Å². The molecule has 1 amide bonds. The van der Waals surface area contributed by atoms with Crippen molar-refractivity contribution in [1.82, 2.24) is 14.5 Å². The number of hydrogen-bond acceptors (Lipinski definition) is 3. The van der Waals surface area contributed by atoms with Gasteiger partial charge in [0, 0.05) is 18.3 Å². The zero-order chi connectivity index (χ0) is 21.3. The summed E-state index contributed by atoms with van der Waals surface area (Å²) in [4.78, 5) is 19.7. The second kappa shape index (κ2) is 7.94. The van der Waals surface area contributed by atoms with Crippen molar-refractivity contribution in [2.45, 2.75) is 38.6 Å². The number of halogens is 1.